The van der Waals surface area contributed by atoms with Crippen LogP contribution in [0.1, 0.15) is 32.3 Å². The van der Waals surface area contributed by atoms with E-state index >= 15 is 0 Å². The molecule has 1 unspecified atom stereocenters. The SMILES string of the molecule is C=C1CCN(C(=O)C(SCc2ccccc2)C(C)C)CC1. The average molecular weight is 303 g/mol. The van der Waals surface area contributed by atoms with Crippen molar-refractivity contribution in [2.75, 3.05) is 13.1 Å². The normalized spacial score (nSPS) is 17.1. The molecule has 0 saturated carbocycles. The highest BCUT2D eigenvalue weighted by Crippen LogP contribution is 2.27. The van der Waals surface area contributed by atoms with Gasteiger partial charge < -0.3 is 4.90 Å². The molecule has 2 nitrogen and oxygen atoms in total. The van der Waals surface area contributed by atoms with Crippen LogP contribution in [0.3, 0.4) is 0 Å². The van der Waals surface area contributed by atoms with Crippen LogP contribution in [0.4, 0.5) is 0 Å². The van der Waals surface area contributed by atoms with Gasteiger partial charge in [-0.05, 0) is 24.3 Å². The van der Waals surface area contributed by atoms with Crippen LogP contribution in [0.2, 0.25) is 0 Å². The van der Waals surface area contributed by atoms with Crippen LogP contribution in [0, 0.1) is 5.92 Å². The Kier molecular flexibility index (Phi) is 5.92. The minimum absolute atomic E-state index is 0.0524. The molecule has 0 N–H and O–H groups in total. The highest BCUT2D eigenvalue weighted by atomic mass is 32.2. The third-order valence-corrected chi connectivity index (χ3v) is 5.51. The predicted molar refractivity (Wildman–Crippen MR) is 91.3 cm³/mol. The Morgan fingerprint density at radius 1 is 1.24 bits per heavy atom. The Labute approximate surface area is 132 Å². The molecule has 0 bridgehead atoms. The number of hydrogen-bond donors (Lipinski definition) is 0. The van der Waals surface area contributed by atoms with E-state index in [1.165, 1.54) is 11.1 Å². The number of hydrogen-bond acceptors (Lipinski definition) is 2. The molecule has 3 heteroatoms. The van der Waals surface area contributed by atoms with E-state index in [2.05, 4.69) is 44.7 Å². The van der Waals surface area contributed by atoms with Crippen LogP contribution >= 0.6 is 11.8 Å². The van der Waals surface area contributed by atoms with E-state index in [1.807, 2.05) is 11.0 Å². The summed E-state index contributed by atoms with van der Waals surface area (Å²) in [7, 11) is 0. The van der Waals surface area contributed by atoms with Gasteiger partial charge in [0.15, 0.2) is 0 Å². The lowest BCUT2D eigenvalue weighted by Crippen LogP contribution is -2.43. The van der Waals surface area contributed by atoms with Gasteiger partial charge in [0.25, 0.3) is 0 Å². The summed E-state index contributed by atoms with van der Waals surface area (Å²) in [6.45, 7) is 9.99. The fourth-order valence-corrected chi connectivity index (χ4v) is 3.77. The lowest BCUT2D eigenvalue weighted by Gasteiger charge is -2.32. The number of likely N-dealkylation sites (tertiary alicyclic amines) is 1. The van der Waals surface area contributed by atoms with Gasteiger partial charge in [-0.2, -0.15) is 0 Å². The number of piperidine rings is 1. The summed E-state index contributed by atoms with van der Waals surface area (Å²) < 4.78 is 0. The van der Waals surface area contributed by atoms with Crippen molar-refractivity contribution in [1.82, 2.24) is 4.90 Å². The van der Waals surface area contributed by atoms with Crippen molar-refractivity contribution in [3.8, 4) is 0 Å². The van der Waals surface area contributed by atoms with Crippen molar-refractivity contribution in [2.24, 2.45) is 5.92 Å². The summed E-state index contributed by atoms with van der Waals surface area (Å²) >= 11 is 1.77. The van der Waals surface area contributed by atoms with E-state index in [9.17, 15) is 4.79 Å². The van der Waals surface area contributed by atoms with Crippen LogP contribution in [-0.2, 0) is 10.5 Å². The van der Waals surface area contributed by atoms with Gasteiger partial charge in [-0.1, -0.05) is 56.3 Å². The standard InChI is InChI=1S/C18H25NOS/c1-14(2)17(21-13-16-7-5-4-6-8-16)18(20)19-11-9-15(3)10-12-19/h4-8,14,17H,3,9-13H2,1-2H3. The first kappa shape index (κ1) is 16.2. The number of carbonyl (C=O) groups is 1. The fourth-order valence-electron chi connectivity index (χ4n) is 2.53. The molecule has 0 aromatic heterocycles. The zero-order valence-corrected chi connectivity index (χ0v) is 13.9. The first-order valence-electron chi connectivity index (χ1n) is 7.69. The molecule has 0 aliphatic carbocycles. The molecular weight excluding hydrogens is 278 g/mol. The molecule has 0 spiro atoms. The van der Waals surface area contributed by atoms with Crippen LogP contribution in [0.5, 0.6) is 0 Å². The van der Waals surface area contributed by atoms with E-state index in [0.717, 1.165) is 31.7 Å². The number of benzene rings is 1. The maximum Gasteiger partial charge on any atom is 0.235 e. The van der Waals surface area contributed by atoms with Gasteiger partial charge in [0.2, 0.25) is 5.91 Å². The highest BCUT2D eigenvalue weighted by Gasteiger charge is 2.28. The van der Waals surface area contributed by atoms with Crippen molar-refractivity contribution in [3.63, 3.8) is 0 Å². The summed E-state index contributed by atoms with van der Waals surface area (Å²) in [5.74, 6) is 1.56. The maximum absolute atomic E-state index is 12.7. The van der Waals surface area contributed by atoms with Crippen LogP contribution in [0.25, 0.3) is 0 Å². The van der Waals surface area contributed by atoms with Crippen molar-refractivity contribution in [2.45, 2.75) is 37.7 Å². The molecule has 114 valence electrons. The van der Waals surface area contributed by atoms with Gasteiger partial charge >= 0.3 is 0 Å². The van der Waals surface area contributed by atoms with Crippen LogP contribution in [-0.4, -0.2) is 29.1 Å². The average Bonchev–Trinajstić information content (AvgIpc) is 2.48. The first-order chi connectivity index (χ1) is 10.1. The topological polar surface area (TPSA) is 20.3 Å². The summed E-state index contributed by atoms with van der Waals surface area (Å²) in [5, 5.41) is 0.0524. The molecular formula is C18H25NOS. The Morgan fingerprint density at radius 3 is 2.43 bits per heavy atom. The number of amides is 1. The molecule has 1 aromatic rings. The minimum Gasteiger partial charge on any atom is -0.341 e. The van der Waals surface area contributed by atoms with Crippen molar-refractivity contribution < 1.29 is 4.79 Å². The number of carbonyl (C=O) groups excluding carboxylic acids is 1. The second kappa shape index (κ2) is 7.69. The fraction of sp³-hybridized carbons (Fsp3) is 0.500. The van der Waals surface area contributed by atoms with Crippen molar-refractivity contribution in [3.05, 3.63) is 48.0 Å². The molecule has 1 aromatic carbocycles. The van der Waals surface area contributed by atoms with Gasteiger partial charge in [-0.25, -0.2) is 0 Å². The van der Waals surface area contributed by atoms with E-state index < -0.39 is 0 Å². The molecule has 1 saturated heterocycles. The van der Waals surface area contributed by atoms with Gasteiger partial charge in [0, 0.05) is 18.8 Å². The van der Waals surface area contributed by atoms with Gasteiger partial charge in [-0.15, -0.1) is 11.8 Å². The molecule has 2 rings (SSSR count). The lowest BCUT2D eigenvalue weighted by molar-refractivity contribution is -0.131. The number of nitrogens with zero attached hydrogens (tertiary/aromatic N) is 1. The summed E-state index contributed by atoms with van der Waals surface area (Å²) in [4.78, 5) is 14.8. The molecule has 21 heavy (non-hydrogen) atoms. The van der Waals surface area contributed by atoms with Crippen molar-refractivity contribution >= 4 is 17.7 Å². The first-order valence-corrected chi connectivity index (χ1v) is 8.73. The minimum atomic E-state index is 0.0524. The summed E-state index contributed by atoms with van der Waals surface area (Å²) in [5.41, 5.74) is 2.56. The number of thioether (sulfide) groups is 1. The molecule has 0 radical (unpaired) electrons. The van der Waals surface area contributed by atoms with E-state index in [1.54, 1.807) is 11.8 Å². The summed E-state index contributed by atoms with van der Waals surface area (Å²) in [6, 6.07) is 10.4. The predicted octanol–water partition coefficient (Wildman–Crippen LogP) is 4.12. The largest absolute Gasteiger partial charge is 0.341 e. The Balaban J connectivity index is 1.95. The molecule has 1 heterocycles. The second-order valence-electron chi connectivity index (χ2n) is 6.04. The van der Waals surface area contributed by atoms with E-state index in [0.29, 0.717) is 11.8 Å². The third-order valence-electron chi connectivity index (χ3n) is 3.90. The zero-order valence-electron chi connectivity index (χ0n) is 13.0. The third kappa shape index (κ3) is 4.63. The van der Waals surface area contributed by atoms with Crippen molar-refractivity contribution in [1.29, 1.82) is 0 Å². The lowest BCUT2D eigenvalue weighted by atomic mass is 10.0. The monoisotopic (exact) mass is 303 g/mol. The van der Waals surface area contributed by atoms with Gasteiger partial charge in [0.1, 0.15) is 0 Å². The summed E-state index contributed by atoms with van der Waals surface area (Å²) in [6.07, 6.45) is 1.92. The zero-order chi connectivity index (χ0) is 15.2. The molecule has 1 aliphatic heterocycles. The maximum atomic E-state index is 12.7. The van der Waals surface area contributed by atoms with E-state index in [-0.39, 0.29) is 5.25 Å². The molecule has 1 aliphatic rings. The smallest absolute Gasteiger partial charge is 0.235 e. The molecule has 1 amide bonds. The molecule has 1 fully saturated rings. The van der Waals surface area contributed by atoms with Gasteiger partial charge in [-0.3, -0.25) is 4.79 Å². The molecule has 1 atom stereocenters. The Bertz CT molecular complexity index is 473. The quantitative estimate of drug-likeness (QED) is 0.763. The van der Waals surface area contributed by atoms with Gasteiger partial charge in [0.05, 0.1) is 5.25 Å². The van der Waals surface area contributed by atoms with Crippen LogP contribution in [0.15, 0.2) is 42.5 Å². The Morgan fingerprint density at radius 2 is 1.86 bits per heavy atom. The van der Waals surface area contributed by atoms with Crippen LogP contribution < -0.4 is 0 Å². The number of rotatable bonds is 5. The second-order valence-corrected chi connectivity index (χ2v) is 7.17. The van der Waals surface area contributed by atoms with E-state index in [4.69, 9.17) is 0 Å². The Hall–Kier alpha value is -1.22. The highest BCUT2D eigenvalue weighted by molar-refractivity contribution is 7.99.